The smallest absolute Gasteiger partial charge is 0.130 e. The van der Waals surface area contributed by atoms with Crippen LogP contribution >= 0.6 is 0 Å². The Morgan fingerprint density at radius 1 is 1.20 bits per heavy atom. The minimum Gasteiger partial charge on any atom is -0.239 e. The standard InChI is InChI=1S/C13H22F2/c1-7-11(12(4,5)14)9-10(3)13(6,15)8-2/h7,9H,8H2,1-6H3/b10-9+,11-7+. The van der Waals surface area contributed by atoms with E-state index in [1.54, 1.807) is 32.9 Å². The van der Waals surface area contributed by atoms with Gasteiger partial charge in [-0.15, -0.1) is 0 Å². The van der Waals surface area contributed by atoms with Crippen molar-refractivity contribution in [1.29, 1.82) is 0 Å². The van der Waals surface area contributed by atoms with Crippen molar-refractivity contribution < 1.29 is 8.78 Å². The largest absolute Gasteiger partial charge is 0.239 e. The minimum atomic E-state index is -1.42. The van der Waals surface area contributed by atoms with Crippen LogP contribution in [0.2, 0.25) is 0 Å². The van der Waals surface area contributed by atoms with E-state index >= 15 is 0 Å². The molecule has 0 aromatic rings. The van der Waals surface area contributed by atoms with Gasteiger partial charge in [0.1, 0.15) is 11.3 Å². The summed E-state index contributed by atoms with van der Waals surface area (Å²) in [6, 6.07) is 0. The van der Waals surface area contributed by atoms with Crippen LogP contribution in [-0.4, -0.2) is 11.3 Å². The third kappa shape index (κ3) is 4.15. The quantitative estimate of drug-likeness (QED) is 0.594. The lowest BCUT2D eigenvalue weighted by Crippen LogP contribution is -2.20. The lowest BCUT2D eigenvalue weighted by Gasteiger charge is -2.22. The van der Waals surface area contributed by atoms with E-state index in [9.17, 15) is 8.78 Å². The Kier molecular flexibility index (Phi) is 4.69. The van der Waals surface area contributed by atoms with Crippen LogP contribution in [0.15, 0.2) is 23.3 Å². The molecule has 0 rings (SSSR count). The molecule has 15 heavy (non-hydrogen) atoms. The number of alkyl halides is 2. The average Bonchev–Trinajstić information content (AvgIpc) is 2.11. The zero-order valence-electron chi connectivity index (χ0n) is 10.6. The predicted octanol–water partition coefficient (Wildman–Crippen LogP) is 4.77. The average molecular weight is 216 g/mol. The van der Waals surface area contributed by atoms with Gasteiger partial charge in [-0.1, -0.05) is 19.1 Å². The molecular weight excluding hydrogens is 194 g/mol. The summed E-state index contributed by atoms with van der Waals surface area (Å²) in [6.07, 6.45) is 3.71. The van der Waals surface area contributed by atoms with E-state index in [1.807, 2.05) is 0 Å². The normalized spacial score (nSPS) is 18.9. The molecule has 0 aromatic heterocycles. The molecule has 0 nitrogen and oxygen atoms in total. The van der Waals surface area contributed by atoms with Gasteiger partial charge in [-0.25, -0.2) is 8.78 Å². The summed E-state index contributed by atoms with van der Waals surface area (Å²) in [5.41, 5.74) is -1.67. The number of allylic oxidation sites excluding steroid dienone is 4. The molecule has 0 aromatic carbocycles. The third-order valence-corrected chi connectivity index (χ3v) is 2.86. The first kappa shape index (κ1) is 14.3. The van der Waals surface area contributed by atoms with Crippen molar-refractivity contribution in [2.75, 3.05) is 0 Å². The monoisotopic (exact) mass is 216 g/mol. The molecule has 0 aliphatic heterocycles. The predicted molar refractivity (Wildman–Crippen MR) is 62.5 cm³/mol. The van der Waals surface area contributed by atoms with Gasteiger partial charge >= 0.3 is 0 Å². The molecule has 0 saturated heterocycles. The van der Waals surface area contributed by atoms with Crippen LogP contribution < -0.4 is 0 Å². The van der Waals surface area contributed by atoms with Crippen molar-refractivity contribution in [3.63, 3.8) is 0 Å². The summed E-state index contributed by atoms with van der Waals surface area (Å²) < 4.78 is 27.6. The van der Waals surface area contributed by atoms with Crippen molar-refractivity contribution in [2.24, 2.45) is 0 Å². The van der Waals surface area contributed by atoms with Gasteiger partial charge in [0.05, 0.1) is 0 Å². The molecule has 0 aliphatic rings. The maximum Gasteiger partial charge on any atom is 0.130 e. The van der Waals surface area contributed by atoms with Gasteiger partial charge in [-0.3, -0.25) is 0 Å². The summed E-state index contributed by atoms with van der Waals surface area (Å²) in [6.45, 7) is 9.74. The minimum absolute atomic E-state index is 0.402. The van der Waals surface area contributed by atoms with Crippen LogP contribution in [-0.2, 0) is 0 Å². The maximum absolute atomic E-state index is 13.9. The second-order valence-corrected chi connectivity index (χ2v) is 4.59. The highest BCUT2D eigenvalue weighted by Gasteiger charge is 2.26. The molecule has 0 spiro atoms. The summed E-state index contributed by atoms with van der Waals surface area (Å²) in [4.78, 5) is 0. The summed E-state index contributed by atoms with van der Waals surface area (Å²) in [7, 11) is 0. The first-order chi connectivity index (χ1) is 6.65. The van der Waals surface area contributed by atoms with Crippen LogP contribution in [0.4, 0.5) is 8.78 Å². The first-order valence-electron chi connectivity index (χ1n) is 5.38. The Morgan fingerprint density at radius 3 is 1.93 bits per heavy atom. The molecule has 88 valence electrons. The van der Waals surface area contributed by atoms with Gasteiger partial charge in [0.25, 0.3) is 0 Å². The van der Waals surface area contributed by atoms with Gasteiger partial charge in [-0.05, 0) is 52.2 Å². The second kappa shape index (κ2) is 4.91. The fourth-order valence-corrected chi connectivity index (χ4v) is 1.26. The molecule has 2 heteroatoms. The molecule has 0 bridgehead atoms. The fourth-order valence-electron chi connectivity index (χ4n) is 1.26. The van der Waals surface area contributed by atoms with Crippen molar-refractivity contribution >= 4 is 0 Å². The van der Waals surface area contributed by atoms with E-state index in [0.29, 0.717) is 17.6 Å². The summed E-state index contributed by atoms with van der Waals surface area (Å²) >= 11 is 0. The summed E-state index contributed by atoms with van der Waals surface area (Å²) in [5, 5.41) is 0. The van der Waals surface area contributed by atoms with E-state index in [4.69, 9.17) is 0 Å². The van der Waals surface area contributed by atoms with E-state index in [2.05, 4.69) is 0 Å². The van der Waals surface area contributed by atoms with Gasteiger partial charge < -0.3 is 0 Å². The fraction of sp³-hybridized carbons (Fsp3) is 0.692. The molecule has 0 radical (unpaired) electrons. The Bertz CT molecular complexity index is 265. The maximum atomic E-state index is 13.9. The number of hydrogen-bond donors (Lipinski definition) is 0. The third-order valence-electron chi connectivity index (χ3n) is 2.86. The van der Waals surface area contributed by atoms with Crippen molar-refractivity contribution in [3.05, 3.63) is 23.3 Å². The zero-order valence-corrected chi connectivity index (χ0v) is 10.6. The molecule has 1 unspecified atom stereocenters. The van der Waals surface area contributed by atoms with Crippen LogP contribution in [0.25, 0.3) is 0 Å². The van der Waals surface area contributed by atoms with E-state index in [-0.39, 0.29) is 0 Å². The Hall–Kier alpha value is -0.660. The van der Waals surface area contributed by atoms with Gasteiger partial charge in [0, 0.05) is 0 Å². The second-order valence-electron chi connectivity index (χ2n) is 4.59. The molecule has 0 fully saturated rings. The Balaban J connectivity index is 5.06. The van der Waals surface area contributed by atoms with Gasteiger partial charge in [-0.2, -0.15) is 0 Å². The van der Waals surface area contributed by atoms with Crippen LogP contribution in [0.5, 0.6) is 0 Å². The van der Waals surface area contributed by atoms with Crippen molar-refractivity contribution in [3.8, 4) is 0 Å². The van der Waals surface area contributed by atoms with E-state index in [1.165, 1.54) is 20.8 Å². The SMILES string of the molecule is C/C=C(\C=C(/C)C(C)(F)CC)C(C)(C)F. The lowest BCUT2D eigenvalue weighted by molar-refractivity contribution is 0.230. The number of rotatable bonds is 4. The Morgan fingerprint density at radius 2 is 1.67 bits per heavy atom. The molecule has 0 heterocycles. The summed E-state index contributed by atoms with van der Waals surface area (Å²) in [5.74, 6) is 0. The number of hydrogen-bond acceptors (Lipinski definition) is 0. The van der Waals surface area contributed by atoms with Crippen molar-refractivity contribution in [1.82, 2.24) is 0 Å². The Labute approximate surface area is 92.1 Å². The van der Waals surface area contributed by atoms with Gasteiger partial charge in [0.15, 0.2) is 0 Å². The van der Waals surface area contributed by atoms with Crippen LogP contribution in [0, 0.1) is 0 Å². The van der Waals surface area contributed by atoms with E-state index < -0.39 is 11.3 Å². The molecule has 0 aliphatic carbocycles. The topological polar surface area (TPSA) is 0 Å². The highest BCUT2D eigenvalue weighted by molar-refractivity contribution is 5.32. The van der Waals surface area contributed by atoms with E-state index in [0.717, 1.165) is 0 Å². The lowest BCUT2D eigenvalue weighted by atomic mass is 9.90. The first-order valence-corrected chi connectivity index (χ1v) is 5.38. The highest BCUT2D eigenvalue weighted by Crippen LogP contribution is 2.29. The molecular formula is C13H22F2. The van der Waals surface area contributed by atoms with Crippen molar-refractivity contribution in [2.45, 2.75) is 59.3 Å². The molecule has 1 atom stereocenters. The molecule has 0 N–H and O–H groups in total. The number of halogens is 2. The highest BCUT2D eigenvalue weighted by atomic mass is 19.1. The molecule has 0 saturated carbocycles. The van der Waals surface area contributed by atoms with Crippen LogP contribution in [0.3, 0.4) is 0 Å². The van der Waals surface area contributed by atoms with Crippen LogP contribution in [0.1, 0.15) is 48.0 Å². The molecule has 0 amide bonds. The van der Waals surface area contributed by atoms with Gasteiger partial charge in [0.2, 0.25) is 0 Å². The zero-order chi connectivity index (χ0) is 12.3.